The van der Waals surface area contributed by atoms with Gasteiger partial charge >= 0.3 is 0 Å². The predicted octanol–water partition coefficient (Wildman–Crippen LogP) is 1.95. The van der Waals surface area contributed by atoms with Gasteiger partial charge in [-0.1, -0.05) is 20.8 Å². The molecule has 0 bridgehead atoms. The SMILES string of the molecule is CC(C)C(C)(CN)c1ccncc1. The van der Waals surface area contributed by atoms with Gasteiger partial charge in [-0.25, -0.2) is 0 Å². The van der Waals surface area contributed by atoms with Gasteiger partial charge < -0.3 is 5.73 Å². The fraction of sp³-hybridized carbons (Fsp3) is 0.545. The predicted molar refractivity (Wildman–Crippen MR) is 55.5 cm³/mol. The van der Waals surface area contributed by atoms with Gasteiger partial charge in [0.15, 0.2) is 0 Å². The highest BCUT2D eigenvalue weighted by molar-refractivity contribution is 5.23. The Morgan fingerprint density at radius 1 is 1.38 bits per heavy atom. The summed E-state index contributed by atoms with van der Waals surface area (Å²) in [5, 5.41) is 0. The van der Waals surface area contributed by atoms with Gasteiger partial charge in [-0.2, -0.15) is 0 Å². The topological polar surface area (TPSA) is 38.9 Å². The first-order valence-corrected chi connectivity index (χ1v) is 4.72. The molecule has 0 radical (unpaired) electrons. The molecule has 0 fully saturated rings. The Hall–Kier alpha value is -0.890. The van der Waals surface area contributed by atoms with Gasteiger partial charge in [-0.05, 0) is 23.6 Å². The van der Waals surface area contributed by atoms with Crippen molar-refractivity contribution in [3.63, 3.8) is 0 Å². The molecule has 1 aromatic rings. The Morgan fingerprint density at radius 2 is 1.92 bits per heavy atom. The highest BCUT2D eigenvalue weighted by atomic mass is 14.6. The Labute approximate surface area is 80.2 Å². The third kappa shape index (κ3) is 1.89. The number of nitrogens with two attached hydrogens (primary N) is 1. The minimum atomic E-state index is 0.0724. The van der Waals surface area contributed by atoms with Crippen LogP contribution in [0.25, 0.3) is 0 Å². The van der Waals surface area contributed by atoms with Crippen LogP contribution in [0.4, 0.5) is 0 Å². The standard InChI is InChI=1S/C11H18N2/c1-9(2)11(3,8-12)10-4-6-13-7-5-10/h4-7,9H,8,12H2,1-3H3. The summed E-state index contributed by atoms with van der Waals surface area (Å²) < 4.78 is 0. The van der Waals surface area contributed by atoms with Crippen molar-refractivity contribution in [3.8, 4) is 0 Å². The molecule has 2 heteroatoms. The summed E-state index contributed by atoms with van der Waals surface area (Å²) in [4.78, 5) is 4.01. The molecule has 0 spiro atoms. The van der Waals surface area contributed by atoms with E-state index < -0.39 is 0 Å². The summed E-state index contributed by atoms with van der Waals surface area (Å²) >= 11 is 0. The third-order valence-corrected chi connectivity index (χ3v) is 3.04. The lowest BCUT2D eigenvalue weighted by molar-refractivity contribution is 0.347. The zero-order chi connectivity index (χ0) is 9.90. The van der Waals surface area contributed by atoms with Gasteiger partial charge in [-0.15, -0.1) is 0 Å². The van der Waals surface area contributed by atoms with Crippen molar-refractivity contribution in [1.29, 1.82) is 0 Å². The van der Waals surface area contributed by atoms with Crippen molar-refractivity contribution in [2.45, 2.75) is 26.2 Å². The number of rotatable bonds is 3. The summed E-state index contributed by atoms with van der Waals surface area (Å²) in [6.45, 7) is 7.28. The zero-order valence-corrected chi connectivity index (χ0v) is 8.62. The molecular weight excluding hydrogens is 160 g/mol. The van der Waals surface area contributed by atoms with Crippen molar-refractivity contribution in [3.05, 3.63) is 30.1 Å². The van der Waals surface area contributed by atoms with E-state index in [1.807, 2.05) is 24.5 Å². The summed E-state index contributed by atoms with van der Waals surface area (Å²) in [7, 11) is 0. The molecule has 2 N–H and O–H groups in total. The van der Waals surface area contributed by atoms with Crippen LogP contribution in [-0.4, -0.2) is 11.5 Å². The van der Waals surface area contributed by atoms with Gasteiger partial charge in [-0.3, -0.25) is 4.98 Å². The summed E-state index contributed by atoms with van der Waals surface area (Å²) in [5.74, 6) is 0.542. The minimum Gasteiger partial charge on any atom is -0.330 e. The molecule has 0 saturated carbocycles. The Balaban J connectivity index is 3.03. The van der Waals surface area contributed by atoms with Crippen LogP contribution in [0.3, 0.4) is 0 Å². The molecule has 0 saturated heterocycles. The van der Waals surface area contributed by atoms with Crippen LogP contribution in [0, 0.1) is 5.92 Å². The van der Waals surface area contributed by atoms with E-state index in [0.717, 1.165) is 0 Å². The Morgan fingerprint density at radius 3 is 2.31 bits per heavy atom. The quantitative estimate of drug-likeness (QED) is 0.768. The van der Waals surface area contributed by atoms with E-state index in [4.69, 9.17) is 5.73 Å². The molecule has 0 aliphatic carbocycles. The smallest absolute Gasteiger partial charge is 0.0270 e. The largest absolute Gasteiger partial charge is 0.330 e. The van der Waals surface area contributed by atoms with E-state index in [0.29, 0.717) is 12.5 Å². The Bertz CT molecular complexity index is 256. The molecule has 13 heavy (non-hydrogen) atoms. The third-order valence-electron chi connectivity index (χ3n) is 3.04. The lowest BCUT2D eigenvalue weighted by atomic mass is 9.74. The van der Waals surface area contributed by atoms with Crippen LogP contribution in [0.5, 0.6) is 0 Å². The zero-order valence-electron chi connectivity index (χ0n) is 8.62. The van der Waals surface area contributed by atoms with Gasteiger partial charge in [0.05, 0.1) is 0 Å². The highest BCUT2D eigenvalue weighted by Crippen LogP contribution is 2.30. The number of nitrogens with zero attached hydrogens (tertiary/aromatic N) is 1. The van der Waals surface area contributed by atoms with E-state index in [9.17, 15) is 0 Å². The molecule has 0 aliphatic rings. The molecule has 0 amide bonds. The molecule has 1 unspecified atom stereocenters. The lowest BCUT2D eigenvalue weighted by Gasteiger charge is -2.32. The normalized spacial score (nSPS) is 15.8. The first-order valence-electron chi connectivity index (χ1n) is 4.72. The fourth-order valence-corrected chi connectivity index (χ4v) is 1.42. The van der Waals surface area contributed by atoms with Crippen molar-refractivity contribution in [2.24, 2.45) is 11.7 Å². The summed E-state index contributed by atoms with van der Waals surface area (Å²) in [5.41, 5.74) is 7.17. The van der Waals surface area contributed by atoms with Crippen molar-refractivity contribution in [2.75, 3.05) is 6.54 Å². The summed E-state index contributed by atoms with van der Waals surface area (Å²) in [6, 6.07) is 4.10. The van der Waals surface area contributed by atoms with E-state index in [1.54, 1.807) is 0 Å². The second-order valence-corrected chi connectivity index (χ2v) is 4.01. The monoisotopic (exact) mass is 178 g/mol. The van der Waals surface area contributed by atoms with E-state index in [1.165, 1.54) is 5.56 Å². The molecule has 0 aromatic carbocycles. The van der Waals surface area contributed by atoms with Crippen LogP contribution in [0.1, 0.15) is 26.3 Å². The number of aromatic nitrogens is 1. The van der Waals surface area contributed by atoms with E-state index in [2.05, 4.69) is 25.8 Å². The minimum absolute atomic E-state index is 0.0724. The van der Waals surface area contributed by atoms with E-state index >= 15 is 0 Å². The van der Waals surface area contributed by atoms with Crippen molar-refractivity contribution in [1.82, 2.24) is 4.98 Å². The molecule has 1 heterocycles. The lowest BCUT2D eigenvalue weighted by Crippen LogP contribution is -2.36. The Kier molecular flexibility index (Phi) is 3.04. The maximum atomic E-state index is 5.82. The molecule has 1 aromatic heterocycles. The maximum Gasteiger partial charge on any atom is 0.0270 e. The van der Waals surface area contributed by atoms with Gasteiger partial charge in [0.25, 0.3) is 0 Å². The number of hydrogen-bond acceptors (Lipinski definition) is 2. The number of hydrogen-bond donors (Lipinski definition) is 1. The van der Waals surface area contributed by atoms with Crippen LogP contribution >= 0.6 is 0 Å². The summed E-state index contributed by atoms with van der Waals surface area (Å²) in [6.07, 6.45) is 3.65. The van der Waals surface area contributed by atoms with Crippen LogP contribution in [-0.2, 0) is 5.41 Å². The average Bonchev–Trinajstić information content (AvgIpc) is 2.17. The number of pyridine rings is 1. The molecule has 2 nitrogen and oxygen atoms in total. The van der Waals surface area contributed by atoms with Crippen molar-refractivity contribution < 1.29 is 0 Å². The van der Waals surface area contributed by atoms with Crippen LogP contribution in [0.15, 0.2) is 24.5 Å². The molecule has 0 aliphatic heterocycles. The first-order chi connectivity index (χ1) is 6.11. The van der Waals surface area contributed by atoms with Gasteiger partial charge in [0.2, 0.25) is 0 Å². The first kappa shape index (κ1) is 10.2. The van der Waals surface area contributed by atoms with Crippen molar-refractivity contribution >= 4 is 0 Å². The molecular formula is C11H18N2. The van der Waals surface area contributed by atoms with Gasteiger partial charge in [0.1, 0.15) is 0 Å². The average molecular weight is 178 g/mol. The molecule has 1 atom stereocenters. The molecule has 1 rings (SSSR count). The second-order valence-electron chi connectivity index (χ2n) is 4.01. The second kappa shape index (κ2) is 3.88. The molecule has 72 valence electrons. The maximum absolute atomic E-state index is 5.82. The fourth-order valence-electron chi connectivity index (χ4n) is 1.42. The van der Waals surface area contributed by atoms with Gasteiger partial charge in [0, 0.05) is 24.4 Å². The van der Waals surface area contributed by atoms with Crippen LogP contribution < -0.4 is 5.73 Å². The van der Waals surface area contributed by atoms with E-state index in [-0.39, 0.29) is 5.41 Å². The highest BCUT2D eigenvalue weighted by Gasteiger charge is 2.28. The van der Waals surface area contributed by atoms with Crippen LogP contribution in [0.2, 0.25) is 0 Å².